The molecule has 0 spiro atoms. The Kier molecular flexibility index (Phi) is 12.1. The van der Waals surface area contributed by atoms with E-state index in [1.807, 2.05) is 19.9 Å². The number of hydrogen-bond acceptors (Lipinski definition) is 2. The lowest BCUT2D eigenvalue weighted by Gasteiger charge is -2.35. The van der Waals surface area contributed by atoms with Crippen molar-refractivity contribution in [1.82, 2.24) is 9.80 Å². The lowest BCUT2D eigenvalue weighted by Crippen LogP contribution is -2.48. The molecule has 0 N–H and O–H groups in total. The Bertz CT molecular complexity index is 736. The molecule has 2 saturated heterocycles. The van der Waals surface area contributed by atoms with Gasteiger partial charge in [-0.2, -0.15) is 0 Å². The van der Waals surface area contributed by atoms with Gasteiger partial charge in [0.1, 0.15) is 0 Å². The van der Waals surface area contributed by atoms with Crippen LogP contribution in [0.1, 0.15) is 83.3 Å². The van der Waals surface area contributed by atoms with Gasteiger partial charge in [0.25, 0.3) is 0 Å². The first-order chi connectivity index (χ1) is 15.7. The first kappa shape index (κ1) is 26.1. The Labute approximate surface area is 196 Å². The number of likely N-dealkylation sites (tertiary alicyclic amines) is 2. The standard InChI is InChI=1S/C23H28N2O.C4H10.C2H6/c26-23(22-12-7-15-25(22)18-19-8-3-1-4-9-19)24-16-13-21(14-17-24)20-10-5-2-6-11-20;1-3-4-2;1-2/h1-6,8-11,21-22H,7,12-18H2;3-4H2,1-2H3;1-2H3. The molecular weight excluding hydrogens is 392 g/mol. The van der Waals surface area contributed by atoms with Crippen LogP contribution in [0.3, 0.4) is 0 Å². The van der Waals surface area contributed by atoms with E-state index in [-0.39, 0.29) is 6.04 Å². The Morgan fingerprint density at radius 1 is 0.812 bits per heavy atom. The van der Waals surface area contributed by atoms with Gasteiger partial charge in [0.05, 0.1) is 6.04 Å². The van der Waals surface area contributed by atoms with Crippen molar-refractivity contribution in [1.29, 1.82) is 0 Å². The molecule has 2 aromatic rings. The summed E-state index contributed by atoms with van der Waals surface area (Å²) in [6.45, 7) is 12.1. The first-order valence-corrected chi connectivity index (χ1v) is 12.8. The summed E-state index contributed by atoms with van der Waals surface area (Å²) in [6, 6.07) is 21.4. The van der Waals surface area contributed by atoms with E-state index >= 15 is 0 Å². The molecule has 2 fully saturated rings. The summed E-state index contributed by atoms with van der Waals surface area (Å²) in [5, 5.41) is 0. The molecule has 3 nitrogen and oxygen atoms in total. The van der Waals surface area contributed by atoms with Gasteiger partial charge >= 0.3 is 0 Å². The second kappa shape index (κ2) is 14.8. The third-order valence-corrected chi connectivity index (χ3v) is 6.45. The molecule has 1 amide bonds. The number of carbonyl (C=O) groups is 1. The smallest absolute Gasteiger partial charge is 0.239 e. The number of benzene rings is 2. The second-order valence-corrected chi connectivity index (χ2v) is 8.62. The molecule has 32 heavy (non-hydrogen) atoms. The third kappa shape index (κ3) is 7.78. The van der Waals surface area contributed by atoms with Crippen molar-refractivity contribution in [3.05, 3.63) is 71.8 Å². The molecule has 2 aliphatic rings. The predicted octanol–water partition coefficient (Wildman–Crippen LogP) is 6.89. The van der Waals surface area contributed by atoms with E-state index in [0.717, 1.165) is 51.9 Å². The van der Waals surface area contributed by atoms with E-state index < -0.39 is 0 Å². The fourth-order valence-corrected chi connectivity index (χ4v) is 4.48. The molecule has 1 atom stereocenters. The minimum atomic E-state index is 0.0727. The van der Waals surface area contributed by atoms with E-state index in [2.05, 4.69) is 78.2 Å². The number of unbranched alkanes of at least 4 members (excludes halogenated alkanes) is 1. The molecule has 0 saturated carbocycles. The summed E-state index contributed by atoms with van der Waals surface area (Å²) >= 11 is 0. The first-order valence-electron chi connectivity index (χ1n) is 12.8. The van der Waals surface area contributed by atoms with E-state index in [0.29, 0.717) is 11.8 Å². The highest BCUT2D eigenvalue weighted by molar-refractivity contribution is 5.82. The molecule has 4 rings (SSSR count). The van der Waals surface area contributed by atoms with Crippen LogP contribution in [0.25, 0.3) is 0 Å². The third-order valence-electron chi connectivity index (χ3n) is 6.45. The maximum absolute atomic E-state index is 13.1. The Hall–Kier alpha value is -2.13. The van der Waals surface area contributed by atoms with Crippen LogP contribution in [0, 0.1) is 0 Å². The normalized spacial score (nSPS) is 18.9. The number of piperidine rings is 1. The highest BCUT2D eigenvalue weighted by atomic mass is 16.2. The van der Waals surface area contributed by atoms with Crippen LogP contribution in [0.5, 0.6) is 0 Å². The fourth-order valence-electron chi connectivity index (χ4n) is 4.48. The largest absolute Gasteiger partial charge is 0.341 e. The number of carbonyl (C=O) groups excluding carboxylic acids is 1. The van der Waals surface area contributed by atoms with Crippen LogP contribution in [-0.2, 0) is 11.3 Å². The summed E-state index contributed by atoms with van der Waals surface area (Å²) in [6.07, 6.45) is 6.94. The number of nitrogens with zero attached hydrogens (tertiary/aromatic N) is 2. The molecule has 2 aromatic carbocycles. The van der Waals surface area contributed by atoms with Gasteiger partial charge < -0.3 is 4.90 Å². The lowest BCUT2D eigenvalue weighted by molar-refractivity contribution is -0.137. The highest BCUT2D eigenvalue weighted by Crippen LogP contribution is 2.29. The van der Waals surface area contributed by atoms with Crippen molar-refractivity contribution in [3.63, 3.8) is 0 Å². The zero-order chi connectivity index (χ0) is 23.2. The summed E-state index contributed by atoms with van der Waals surface area (Å²) < 4.78 is 0. The zero-order valence-corrected chi connectivity index (χ0v) is 20.8. The van der Waals surface area contributed by atoms with Crippen molar-refractivity contribution in [2.24, 2.45) is 0 Å². The van der Waals surface area contributed by atoms with Crippen LogP contribution < -0.4 is 0 Å². The molecule has 0 bridgehead atoms. The minimum absolute atomic E-state index is 0.0727. The average Bonchev–Trinajstić information content (AvgIpc) is 3.34. The van der Waals surface area contributed by atoms with Crippen molar-refractivity contribution in [3.8, 4) is 0 Å². The van der Waals surface area contributed by atoms with Gasteiger partial charge in [-0.15, -0.1) is 0 Å². The topological polar surface area (TPSA) is 23.6 Å². The second-order valence-electron chi connectivity index (χ2n) is 8.62. The molecule has 176 valence electrons. The Balaban J connectivity index is 0.000000547. The van der Waals surface area contributed by atoms with Crippen molar-refractivity contribution >= 4 is 5.91 Å². The molecule has 3 heteroatoms. The molecule has 2 aliphatic heterocycles. The van der Waals surface area contributed by atoms with E-state index in [1.165, 1.54) is 24.0 Å². The van der Waals surface area contributed by atoms with Gasteiger partial charge in [-0.3, -0.25) is 9.69 Å². The Morgan fingerprint density at radius 3 is 1.94 bits per heavy atom. The van der Waals surface area contributed by atoms with E-state index in [4.69, 9.17) is 0 Å². The highest BCUT2D eigenvalue weighted by Gasteiger charge is 2.35. The summed E-state index contributed by atoms with van der Waals surface area (Å²) in [7, 11) is 0. The van der Waals surface area contributed by atoms with Gasteiger partial charge in [-0.25, -0.2) is 0 Å². The van der Waals surface area contributed by atoms with Crippen LogP contribution in [0.4, 0.5) is 0 Å². The van der Waals surface area contributed by atoms with Gasteiger partial charge in [-0.1, -0.05) is 101 Å². The summed E-state index contributed by atoms with van der Waals surface area (Å²) in [5.41, 5.74) is 2.72. The van der Waals surface area contributed by atoms with E-state index in [1.54, 1.807) is 0 Å². The molecular formula is C29H44N2O. The van der Waals surface area contributed by atoms with E-state index in [9.17, 15) is 4.79 Å². The van der Waals surface area contributed by atoms with Crippen LogP contribution in [0.2, 0.25) is 0 Å². The molecule has 0 aromatic heterocycles. The summed E-state index contributed by atoms with van der Waals surface area (Å²) in [4.78, 5) is 17.6. The predicted molar refractivity (Wildman–Crippen MR) is 137 cm³/mol. The van der Waals surface area contributed by atoms with Crippen molar-refractivity contribution < 1.29 is 4.79 Å². The molecule has 0 radical (unpaired) electrons. The van der Waals surface area contributed by atoms with Crippen molar-refractivity contribution in [2.75, 3.05) is 19.6 Å². The van der Waals surface area contributed by atoms with Gasteiger partial charge in [0, 0.05) is 19.6 Å². The van der Waals surface area contributed by atoms with Crippen LogP contribution >= 0.6 is 0 Å². The SMILES string of the molecule is CC.CCCC.O=C(C1CCCN1Cc1ccccc1)N1CCC(c2ccccc2)CC1. The minimum Gasteiger partial charge on any atom is -0.341 e. The van der Waals surface area contributed by atoms with Crippen LogP contribution in [0.15, 0.2) is 60.7 Å². The maximum Gasteiger partial charge on any atom is 0.239 e. The molecule has 1 unspecified atom stereocenters. The maximum atomic E-state index is 13.1. The Morgan fingerprint density at radius 2 is 1.38 bits per heavy atom. The van der Waals surface area contributed by atoms with Gasteiger partial charge in [0.2, 0.25) is 5.91 Å². The number of rotatable bonds is 5. The zero-order valence-electron chi connectivity index (χ0n) is 20.8. The average molecular weight is 437 g/mol. The molecule has 2 heterocycles. The summed E-state index contributed by atoms with van der Waals surface area (Å²) in [5.74, 6) is 0.953. The van der Waals surface area contributed by atoms with Crippen LogP contribution in [-0.4, -0.2) is 41.4 Å². The fraction of sp³-hybridized carbons (Fsp3) is 0.552. The number of amides is 1. The quantitative estimate of drug-likeness (QED) is 0.509. The van der Waals surface area contributed by atoms with Gasteiger partial charge in [0.15, 0.2) is 0 Å². The van der Waals surface area contributed by atoms with Gasteiger partial charge in [-0.05, 0) is 49.3 Å². The van der Waals surface area contributed by atoms with Crippen molar-refractivity contribution in [2.45, 2.75) is 84.7 Å². The molecule has 0 aliphatic carbocycles. The monoisotopic (exact) mass is 436 g/mol. The lowest BCUT2D eigenvalue weighted by atomic mass is 9.89. The number of hydrogen-bond donors (Lipinski definition) is 0.